The van der Waals surface area contributed by atoms with E-state index in [9.17, 15) is 4.79 Å². The summed E-state index contributed by atoms with van der Waals surface area (Å²) < 4.78 is 13.5. The molecule has 0 aliphatic rings. The number of hydrogen-bond donors (Lipinski definition) is 1. The summed E-state index contributed by atoms with van der Waals surface area (Å²) in [6.07, 6.45) is 5.00. The first-order valence-corrected chi connectivity index (χ1v) is 10.8. The first kappa shape index (κ1) is 22.9. The van der Waals surface area contributed by atoms with Gasteiger partial charge in [-0.3, -0.25) is 9.48 Å². The van der Waals surface area contributed by atoms with Crippen molar-refractivity contribution in [3.8, 4) is 11.5 Å². The van der Waals surface area contributed by atoms with Gasteiger partial charge in [-0.25, -0.2) is 0 Å². The Bertz CT molecular complexity index is 1080. The number of ether oxygens (including phenoxy) is 2. The van der Waals surface area contributed by atoms with Crippen LogP contribution in [0.3, 0.4) is 0 Å². The van der Waals surface area contributed by atoms with E-state index in [0.717, 1.165) is 11.1 Å². The third-order valence-corrected chi connectivity index (χ3v) is 5.03. The van der Waals surface area contributed by atoms with E-state index in [0.29, 0.717) is 33.4 Å². The van der Waals surface area contributed by atoms with Crippen LogP contribution in [-0.4, -0.2) is 28.9 Å². The Kier molecular flexibility index (Phi) is 7.76. The third-order valence-electron chi connectivity index (χ3n) is 4.19. The lowest BCUT2D eigenvalue weighted by Crippen LogP contribution is -2.09. The molecule has 31 heavy (non-hydrogen) atoms. The Morgan fingerprint density at radius 3 is 2.65 bits per heavy atom. The van der Waals surface area contributed by atoms with Crippen LogP contribution in [0.5, 0.6) is 11.5 Å². The van der Waals surface area contributed by atoms with Crippen LogP contribution in [0.25, 0.3) is 6.08 Å². The second kappa shape index (κ2) is 10.5. The van der Waals surface area contributed by atoms with Gasteiger partial charge in [-0.1, -0.05) is 29.8 Å². The van der Waals surface area contributed by atoms with Crippen molar-refractivity contribution in [1.82, 2.24) is 9.78 Å². The zero-order valence-electron chi connectivity index (χ0n) is 17.4. The molecule has 1 N–H and O–H groups in total. The predicted molar refractivity (Wildman–Crippen MR) is 127 cm³/mol. The van der Waals surface area contributed by atoms with Gasteiger partial charge in [0.2, 0.25) is 5.91 Å². The minimum Gasteiger partial charge on any atom is -0.493 e. The van der Waals surface area contributed by atoms with Gasteiger partial charge in [-0.15, -0.1) is 0 Å². The fraction of sp³-hybridized carbons (Fsp3) is 0.217. The number of aromatic nitrogens is 2. The number of hydrogen-bond acceptors (Lipinski definition) is 4. The lowest BCUT2D eigenvalue weighted by Gasteiger charge is -2.13. The van der Waals surface area contributed by atoms with Crippen molar-refractivity contribution < 1.29 is 14.3 Å². The van der Waals surface area contributed by atoms with Gasteiger partial charge in [0, 0.05) is 17.3 Å². The lowest BCUT2D eigenvalue weighted by atomic mass is 10.2. The molecule has 3 aromatic rings. The summed E-state index contributed by atoms with van der Waals surface area (Å²) in [4.78, 5) is 12.4. The van der Waals surface area contributed by atoms with Crippen LogP contribution in [0, 0.1) is 0 Å². The van der Waals surface area contributed by atoms with Crippen molar-refractivity contribution in [2.75, 3.05) is 12.4 Å². The quantitative estimate of drug-likeness (QED) is 0.394. The minimum absolute atomic E-state index is 0.0408. The molecule has 0 aliphatic carbocycles. The molecule has 2 aromatic carbocycles. The molecule has 0 unspecified atom stereocenters. The Morgan fingerprint density at radius 2 is 1.97 bits per heavy atom. The monoisotopic (exact) mass is 503 g/mol. The Balaban J connectivity index is 1.64. The Morgan fingerprint density at radius 1 is 1.23 bits per heavy atom. The maximum absolute atomic E-state index is 12.4. The molecule has 1 aromatic heterocycles. The molecule has 1 amide bonds. The van der Waals surface area contributed by atoms with E-state index in [1.165, 1.54) is 6.08 Å². The highest BCUT2D eigenvalue weighted by Gasteiger charge is 2.10. The van der Waals surface area contributed by atoms with Crippen molar-refractivity contribution in [2.24, 2.45) is 0 Å². The molecule has 6 nitrogen and oxygen atoms in total. The van der Waals surface area contributed by atoms with Crippen LogP contribution in [0.2, 0.25) is 5.02 Å². The van der Waals surface area contributed by atoms with Crippen LogP contribution in [0.1, 0.15) is 25.0 Å². The molecule has 3 rings (SSSR count). The number of carbonyl (C=O) groups excluding carboxylic acids is 1. The zero-order valence-corrected chi connectivity index (χ0v) is 19.8. The summed E-state index contributed by atoms with van der Waals surface area (Å²) in [6, 6.07) is 13.0. The third kappa shape index (κ3) is 6.60. The highest BCUT2D eigenvalue weighted by molar-refractivity contribution is 9.10. The van der Waals surface area contributed by atoms with Gasteiger partial charge in [0.1, 0.15) is 0 Å². The average Bonchev–Trinajstić information content (AvgIpc) is 3.07. The highest BCUT2D eigenvalue weighted by atomic mass is 79.9. The maximum Gasteiger partial charge on any atom is 0.249 e. The number of nitrogens with zero attached hydrogens (tertiary/aromatic N) is 2. The normalized spacial score (nSPS) is 11.2. The van der Waals surface area contributed by atoms with Gasteiger partial charge < -0.3 is 14.8 Å². The fourth-order valence-electron chi connectivity index (χ4n) is 2.81. The van der Waals surface area contributed by atoms with Gasteiger partial charge in [0.15, 0.2) is 17.3 Å². The molecule has 0 bridgehead atoms. The molecule has 0 saturated carbocycles. The summed E-state index contributed by atoms with van der Waals surface area (Å²) in [7, 11) is 1.58. The first-order valence-electron chi connectivity index (χ1n) is 9.65. The van der Waals surface area contributed by atoms with E-state index in [4.69, 9.17) is 21.1 Å². The van der Waals surface area contributed by atoms with E-state index in [1.807, 2.05) is 62.5 Å². The summed E-state index contributed by atoms with van der Waals surface area (Å²) in [6.45, 7) is 4.46. The van der Waals surface area contributed by atoms with Crippen LogP contribution in [0.4, 0.5) is 5.82 Å². The van der Waals surface area contributed by atoms with Crippen molar-refractivity contribution in [3.63, 3.8) is 0 Å². The molecule has 0 saturated heterocycles. The minimum atomic E-state index is -0.293. The van der Waals surface area contributed by atoms with Crippen LogP contribution in [0.15, 0.2) is 59.2 Å². The number of anilines is 1. The highest BCUT2D eigenvalue weighted by Crippen LogP contribution is 2.29. The van der Waals surface area contributed by atoms with Gasteiger partial charge >= 0.3 is 0 Å². The molecular formula is C23H23BrClN3O3. The zero-order chi connectivity index (χ0) is 22.4. The lowest BCUT2D eigenvalue weighted by molar-refractivity contribution is -0.111. The average molecular weight is 505 g/mol. The van der Waals surface area contributed by atoms with Crippen LogP contribution < -0.4 is 14.8 Å². The first-order chi connectivity index (χ1) is 14.8. The van der Waals surface area contributed by atoms with Crippen LogP contribution >= 0.6 is 27.5 Å². The number of carbonyl (C=O) groups is 1. The predicted octanol–water partition coefficient (Wildman–Crippen LogP) is 5.80. The van der Waals surface area contributed by atoms with Gasteiger partial charge in [-0.05, 0) is 71.2 Å². The summed E-state index contributed by atoms with van der Waals surface area (Å²) >= 11 is 9.36. The number of amides is 1. The van der Waals surface area contributed by atoms with E-state index < -0.39 is 0 Å². The molecule has 0 spiro atoms. The molecule has 1 heterocycles. The number of rotatable bonds is 8. The molecule has 0 fully saturated rings. The Hall–Kier alpha value is -2.77. The van der Waals surface area contributed by atoms with Gasteiger partial charge in [-0.2, -0.15) is 5.10 Å². The summed E-state index contributed by atoms with van der Waals surface area (Å²) in [5.74, 6) is 1.43. The molecule has 8 heteroatoms. The Labute approximate surface area is 194 Å². The molecular weight excluding hydrogens is 482 g/mol. The standard InChI is InChI=1S/C23H23BrClN3O3/c1-15(2)31-20-10-6-16(12-21(20)30-3)7-11-22(29)26-23-19(24)14-28(27-23)13-17-4-8-18(25)9-5-17/h4-12,14-15H,13H2,1-3H3,(H,26,27,29). The number of halogens is 2. The SMILES string of the molecule is COc1cc(C=CC(=O)Nc2nn(Cc3ccc(Cl)cc3)cc2Br)ccc1OC(C)C. The topological polar surface area (TPSA) is 65.4 Å². The van der Waals surface area contributed by atoms with Crippen molar-refractivity contribution in [1.29, 1.82) is 0 Å². The summed E-state index contributed by atoms with van der Waals surface area (Å²) in [5, 5.41) is 7.89. The second-order valence-corrected chi connectivity index (χ2v) is 8.34. The van der Waals surface area contributed by atoms with Crippen molar-refractivity contribution in [3.05, 3.63) is 75.4 Å². The largest absolute Gasteiger partial charge is 0.493 e. The van der Waals surface area contributed by atoms with E-state index in [1.54, 1.807) is 17.9 Å². The van der Waals surface area contributed by atoms with E-state index in [2.05, 4.69) is 26.3 Å². The molecule has 162 valence electrons. The van der Waals surface area contributed by atoms with Crippen molar-refractivity contribution in [2.45, 2.75) is 26.5 Å². The number of methoxy groups -OCH3 is 1. The summed E-state index contributed by atoms with van der Waals surface area (Å²) in [5.41, 5.74) is 1.87. The smallest absolute Gasteiger partial charge is 0.249 e. The van der Waals surface area contributed by atoms with E-state index >= 15 is 0 Å². The second-order valence-electron chi connectivity index (χ2n) is 7.05. The fourth-order valence-corrected chi connectivity index (χ4v) is 3.35. The molecule has 0 atom stereocenters. The maximum atomic E-state index is 12.4. The molecule has 0 radical (unpaired) electrons. The number of benzene rings is 2. The number of nitrogens with one attached hydrogen (secondary N) is 1. The van der Waals surface area contributed by atoms with E-state index in [-0.39, 0.29) is 12.0 Å². The van der Waals surface area contributed by atoms with Crippen molar-refractivity contribution >= 4 is 45.3 Å². The van der Waals surface area contributed by atoms with Crippen LogP contribution in [-0.2, 0) is 11.3 Å². The van der Waals surface area contributed by atoms with Gasteiger partial charge in [0.05, 0.1) is 24.2 Å². The van der Waals surface area contributed by atoms with Gasteiger partial charge in [0.25, 0.3) is 0 Å². The molecule has 0 aliphatic heterocycles.